The van der Waals surface area contributed by atoms with Gasteiger partial charge in [0.25, 0.3) is 0 Å². The molecule has 0 bridgehead atoms. The van der Waals surface area contributed by atoms with E-state index in [1.165, 1.54) is 0 Å². The van der Waals surface area contributed by atoms with Gasteiger partial charge in [0.15, 0.2) is 6.10 Å². The average molecular weight is 234 g/mol. The number of aryl methyl sites for hydroxylation is 1. The van der Waals surface area contributed by atoms with Gasteiger partial charge in [0.05, 0.1) is 0 Å². The van der Waals surface area contributed by atoms with Crippen LogP contribution in [0.4, 0.5) is 0 Å². The van der Waals surface area contributed by atoms with Crippen LogP contribution >= 0.6 is 0 Å². The predicted molar refractivity (Wildman–Crippen MR) is 71.9 cm³/mol. The summed E-state index contributed by atoms with van der Waals surface area (Å²) in [5, 5.41) is 7.49. The van der Waals surface area contributed by atoms with Gasteiger partial charge >= 0.3 is 0 Å². The summed E-state index contributed by atoms with van der Waals surface area (Å²) in [4.78, 5) is 0. The predicted octanol–water partition coefficient (Wildman–Crippen LogP) is 3.21. The number of amidine groups is 1. The molecule has 0 aliphatic heterocycles. The zero-order valence-corrected chi connectivity index (χ0v) is 11.1. The van der Waals surface area contributed by atoms with Gasteiger partial charge in [-0.2, -0.15) is 0 Å². The average Bonchev–Trinajstić information content (AvgIpc) is 2.25. The van der Waals surface area contributed by atoms with Crippen molar-refractivity contribution in [3.63, 3.8) is 0 Å². The molecule has 3 N–H and O–H groups in total. The number of hydrogen-bond donors (Lipinski definition) is 2. The van der Waals surface area contributed by atoms with Crippen molar-refractivity contribution in [2.45, 2.75) is 46.1 Å². The van der Waals surface area contributed by atoms with Crippen LogP contribution in [-0.4, -0.2) is 11.9 Å². The van der Waals surface area contributed by atoms with Crippen molar-refractivity contribution in [3.05, 3.63) is 29.3 Å². The number of rotatable bonds is 5. The van der Waals surface area contributed by atoms with Crippen molar-refractivity contribution in [3.8, 4) is 5.75 Å². The van der Waals surface area contributed by atoms with E-state index in [0.29, 0.717) is 12.3 Å². The minimum Gasteiger partial charge on any atom is -0.482 e. The molecule has 0 amide bonds. The Hall–Kier alpha value is -1.51. The van der Waals surface area contributed by atoms with Gasteiger partial charge in [-0.25, -0.2) is 0 Å². The zero-order chi connectivity index (χ0) is 13.0. The van der Waals surface area contributed by atoms with Gasteiger partial charge in [-0.15, -0.1) is 0 Å². The second kappa shape index (κ2) is 5.71. The van der Waals surface area contributed by atoms with Gasteiger partial charge in [0.2, 0.25) is 0 Å². The third-order valence-electron chi connectivity index (χ3n) is 2.78. The molecule has 0 aliphatic carbocycles. The molecule has 0 heterocycles. The highest BCUT2D eigenvalue weighted by Gasteiger charge is 2.15. The van der Waals surface area contributed by atoms with Crippen LogP contribution in [0.1, 0.15) is 44.2 Å². The SMILES string of the molecule is CCC(Oc1cc(C)ccc1C(C)C)C(=N)N. The van der Waals surface area contributed by atoms with E-state index in [-0.39, 0.29) is 11.9 Å². The minimum absolute atomic E-state index is 0.0868. The van der Waals surface area contributed by atoms with Gasteiger partial charge in [-0.05, 0) is 36.5 Å². The number of ether oxygens (including phenoxy) is 1. The van der Waals surface area contributed by atoms with Crippen molar-refractivity contribution in [2.24, 2.45) is 5.73 Å². The molecule has 94 valence electrons. The van der Waals surface area contributed by atoms with Gasteiger partial charge < -0.3 is 10.5 Å². The summed E-state index contributed by atoms with van der Waals surface area (Å²) >= 11 is 0. The maximum atomic E-state index is 7.49. The lowest BCUT2D eigenvalue weighted by atomic mass is 10.0. The second-order valence-electron chi connectivity index (χ2n) is 4.67. The summed E-state index contributed by atoms with van der Waals surface area (Å²) in [7, 11) is 0. The van der Waals surface area contributed by atoms with Crippen molar-refractivity contribution in [1.82, 2.24) is 0 Å². The third kappa shape index (κ3) is 3.48. The number of nitrogens with one attached hydrogen (secondary N) is 1. The van der Waals surface area contributed by atoms with Crippen molar-refractivity contribution < 1.29 is 4.74 Å². The highest BCUT2D eigenvalue weighted by atomic mass is 16.5. The van der Waals surface area contributed by atoms with Gasteiger partial charge in [0, 0.05) is 0 Å². The fourth-order valence-corrected chi connectivity index (χ4v) is 1.74. The monoisotopic (exact) mass is 234 g/mol. The largest absolute Gasteiger partial charge is 0.482 e. The summed E-state index contributed by atoms with van der Waals surface area (Å²) in [5.74, 6) is 1.33. The van der Waals surface area contributed by atoms with E-state index in [0.717, 1.165) is 16.9 Å². The van der Waals surface area contributed by atoms with Gasteiger partial charge in [0.1, 0.15) is 11.6 Å². The standard InChI is InChI=1S/C14H22N2O/c1-5-12(14(15)16)17-13-8-10(4)6-7-11(13)9(2)3/h6-9,12H,5H2,1-4H3,(H3,15,16). The van der Waals surface area contributed by atoms with Crippen LogP contribution in [-0.2, 0) is 0 Å². The highest BCUT2D eigenvalue weighted by Crippen LogP contribution is 2.28. The molecule has 1 aromatic rings. The van der Waals surface area contributed by atoms with Crippen molar-refractivity contribution in [2.75, 3.05) is 0 Å². The summed E-state index contributed by atoms with van der Waals surface area (Å²) in [6.07, 6.45) is 0.384. The van der Waals surface area contributed by atoms with E-state index in [1.54, 1.807) is 0 Å². The molecular weight excluding hydrogens is 212 g/mol. The van der Waals surface area contributed by atoms with Crippen LogP contribution in [0.15, 0.2) is 18.2 Å². The normalized spacial score (nSPS) is 12.5. The molecule has 0 aromatic heterocycles. The molecule has 0 saturated heterocycles. The van der Waals surface area contributed by atoms with Crippen molar-refractivity contribution >= 4 is 5.84 Å². The third-order valence-corrected chi connectivity index (χ3v) is 2.78. The molecule has 3 nitrogen and oxygen atoms in total. The van der Waals surface area contributed by atoms with Crippen LogP contribution in [0.3, 0.4) is 0 Å². The first-order chi connectivity index (χ1) is 7.95. The van der Waals surface area contributed by atoms with E-state index in [2.05, 4.69) is 26.0 Å². The summed E-state index contributed by atoms with van der Waals surface area (Å²) in [6.45, 7) is 8.26. The van der Waals surface area contributed by atoms with Crippen molar-refractivity contribution in [1.29, 1.82) is 5.41 Å². The lowest BCUT2D eigenvalue weighted by Gasteiger charge is -2.20. The molecule has 17 heavy (non-hydrogen) atoms. The quantitative estimate of drug-likeness (QED) is 0.607. The first-order valence-electron chi connectivity index (χ1n) is 6.06. The molecule has 1 atom stereocenters. The Labute approximate surface area is 103 Å². The van der Waals surface area contributed by atoms with E-state index in [9.17, 15) is 0 Å². The fourth-order valence-electron chi connectivity index (χ4n) is 1.74. The number of benzene rings is 1. The van der Waals surface area contributed by atoms with Crippen LogP contribution in [0.25, 0.3) is 0 Å². The molecule has 3 heteroatoms. The van der Waals surface area contributed by atoms with E-state index >= 15 is 0 Å². The first kappa shape index (κ1) is 13.6. The Kier molecular flexibility index (Phi) is 4.55. The van der Waals surface area contributed by atoms with Gasteiger partial charge in [-0.1, -0.05) is 32.9 Å². The first-order valence-corrected chi connectivity index (χ1v) is 6.06. The molecule has 0 fully saturated rings. The molecule has 0 saturated carbocycles. The van der Waals surface area contributed by atoms with Crippen LogP contribution in [0, 0.1) is 12.3 Å². The Bertz CT molecular complexity index is 399. The fraction of sp³-hybridized carbons (Fsp3) is 0.500. The number of nitrogens with two attached hydrogens (primary N) is 1. The molecule has 0 radical (unpaired) electrons. The molecular formula is C14H22N2O. The van der Waals surface area contributed by atoms with Crippen LogP contribution in [0.2, 0.25) is 0 Å². The van der Waals surface area contributed by atoms with E-state index < -0.39 is 0 Å². The molecule has 0 aliphatic rings. The Morgan fingerprint density at radius 2 is 2.06 bits per heavy atom. The topological polar surface area (TPSA) is 59.1 Å². The summed E-state index contributed by atoms with van der Waals surface area (Å²) in [5.41, 5.74) is 7.84. The van der Waals surface area contributed by atoms with Crippen LogP contribution in [0.5, 0.6) is 5.75 Å². The lowest BCUT2D eigenvalue weighted by Crippen LogP contribution is -2.32. The minimum atomic E-state index is -0.325. The second-order valence-corrected chi connectivity index (χ2v) is 4.67. The molecule has 0 spiro atoms. The number of hydrogen-bond acceptors (Lipinski definition) is 2. The Morgan fingerprint density at radius 3 is 2.53 bits per heavy atom. The lowest BCUT2D eigenvalue weighted by molar-refractivity contribution is 0.257. The smallest absolute Gasteiger partial charge is 0.155 e. The molecule has 1 rings (SSSR count). The Balaban J connectivity index is 3.02. The van der Waals surface area contributed by atoms with Gasteiger partial charge in [-0.3, -0.25) is 5.41 Å². The maximum absolute atomic E-state index is 7.49. The molecule has 1 unspecified atom stereocenters. The highest BCUT2D eigenvalue weighted by molar-refractivity contribution is 5.82. The Morgan fingerprint density at radius 1 is 1.41 bits per heavy atom. The molecule has 1 aromatic carbocycles. The summed E-state index contributed by atoms with van der Waals surface area (Å²) in [6, 6.07) is 6.18. The zero-order valence-electron chi connectivity index (χ0n) is 11.1. The van der Waals surface area contributed by atoms with E-state index in [4.69, 9.17) is 15.9 Å². The van der Waals surface area contributed by atoms with E-state index in [1.807, 2.05) is 19.9 Å². The maximum Gasteiger partial charge on any atom is 0.155 e. The van der Waals surface area contributed by atoms with Crippen LogP contribution < -0.4 is 10.5 Å². The summed E-state index contributed by atoms with van der Waals surface area (Å²) < 4.78 is 5.85.